The lowest BCUT2D eigenvalue weighted by Crippen LogP contribution is -2.23. The molecule has 1 heterocycles. The first-order valence-corrected chi connectivity index (χ1v) is 9.18. The molecule has 2 aromatic carbocycles. The fourth-order valence-electron chi connectivity index (χ4n) is 2.31. The van der Waals surface area contributed by atoms with Crippen LogP contribution in [-0.4, -0.2) is 18.2 Å². The Morgan fingerprint density at radius 3 is 2.46 bits per heavy atom. The number of aryl methyl sites for hydroxylation is 1. The molecular weight excluding hydrogens is 346 g/mol. The van der Waals surface area contributed by atoms with Gasteiger partial charge in [-0.15, -0.1) is 0 Å². The molecule has 0 aliphatic heterocycles. The molecule has 0 saturated carbocycles. The van der Waals surface area contributed by atoms with Gasteiger partial charge < -0.3 is 0 Å². The van der Waals surface area contributed by atoms with E-state index < -0.39 is 10.0 Å². The van der Waals surface area contributed by atoms with Crippen LogP contribution in [0.15, 0.2) is 65.7 Å². The fourth-order valence-corrected chi connectivity index (χ4v) is 3.69. The zero-order valence-corrected chi connectivity index (χ0v) is 14.6. The highest BCUT2D eigenvalue weighted by molar-refractivity contribution is 7.89. The Bertz CT molecular complexity index is 953. The molecule has 3 rings (SSSR count). The largest absolute Gasteiger partial charge is 0.244 e. The Kier molecular flexibility index (Phi) is 4.71. The summed E-state index contributed by atoms with van der Waals surface area (Å²) in [5.41, 5.74) is 1.95. The van der Waals surface area contributed by atoms with E-state index in [1.807, 2.05) is 36.4 Å². The maximum atomic E-state index is 12.6. The van der Waals surface area contributed by atoms with Gasteiger partial charge in [-0.1, -0.05) is 48.0 Å². The van der Waals surface area contributed by atoms with E-state index in [0.717, 1.165) is 11.3 Å². The molecular formula is C17H16ClN3O2S. The molecule has 1 N–H and O–H groups in total. The molecule has 5 nitrogen and oxygen atoms in total. The Morgan fingerprint density at radius 2 is 1.75 bits per heavy atom. The van der Waals surface area contributed by atoms with Gasteiger partial charge >= 0.3 is 0 Å². The zero-order valence-electron chi connectivity index (χ0n) is 13.0. The molecule has 0 spiro atoms. The highest BCUT2D eigenvalue weighted by Crippen LogP contribution is 2.19. The number of hydrogen-bond donors (Lipinski definition) is 1. The van der Waals surface area contributed by atoms with E-state index in [-0.39, 0.29) is 11.4 Å². The molecule has 0 radical (unpaired) electrons. The van der Waals surface area contributed by atoms with E-state index in [2.05, 4.69) is 9.82 Å². The van der Waals surface area contributed by atoms with Crippen LogP contribution in [0.3, 0.4) is 0 Å². The third kappa shape index (κ3) is 3.51. The van der Waals surface area contributed by atoms with Gasteiger partial charge in [0.05, 0.1) is 17.6 Å². The van der Waals surface area contributed by atoms with E-state index >= 15 is 0 Å². The third-order valence-corrected chi connectivity index (χ3v) is 5.45. The molecule has 1 aromatic heterocycles. The number of hydrogen-bond acceptors (Lipinski definition) is 3. The van der Waals surface area contributed by atoms with Crippen LogP contribution in [0.5, 0.6) is 0 Å². The summed E-state index contributed by atoms with van der Waals surface area (Å²) >= 11 is 6.06. The van der Waals surface area contributed by atoms with Crippen molar-refractivity contribution in [1.82, 2.24) is 14.5 Å². The Morgan fingerprint density at radius 1 is 1.08 bits per heavy atom. The van der Waals surface area contributed by atoms with E-state index in [1.165, 1.54) is 6.20 Å². The average molecular weight is 362 g/mol. The maximum absolute atomic E-state index is 12.6. The lowest BCUT2D eigenvalue weighted by Gasteiger charge is -2.07. The van der Waals surface area contributed by atoms with Crippen molar-refractivity contribution < 1.29 is 8.42 Å². The predicted molar refractivity (Wildman–Crippen MR) is 93.8 cm³/mol. The van der Waals surface area contributed by atoms with Crippen molar-refractivity contribution >= 4 is 21.6 Å². The number of nitrogens with one attached hydrogen (secondary N) is 1. The summed E-state index contributed by atoms with van der Waals surface area (Å²) in [6, 6.07) is 16.5. The monoisotopic (exact) mass is 361 g/mol. The van der Waals surface area contributed by atoms with Crippen molar-refractivity contribution in [3.63, 3.8) is 0 Å². The molecule has 0 atom stereocenters. The topological polar surface area (TPSA) is 64.0 Å². The zero-order chi connectivity index (χ0) is 17.2. The second-order valence-corrected chi connectivity index (χ2v) is 7.42. The van der Waals surface area contributed by atoms with E-state index in [1.54, 1.807) is 29.8 Å². The van der Waals surface area contributed by atoms with Crippen LogP contribution in [0.25, 0.3) is 5.69 Å². The quantitative estimate of drug-likeness (QED) is 0.758. The molecule has 24 heavy (non-hydrogen) atoms. The van der Waals surface area contributed by atoms with E-state index in [0.29, 0.717) is 10.7 Å². The molecule has 0 saturated heterocycles. The first-order chi connectivity index (χ1) is 11.5. The van der Waals surface area contributed by atoms with Crippen molar-refractivity contribution in [1.29, 1.82) is 0 Å². The number of nitrogens with zero attached hydrogens (tertiary/aromatic N) is 2. The van der Waals surface area contributed by atoms with Crippen LogP contribution in [0.2, 0.25) is 5.02 Å². The lowest BCUT2D eigenvalue weighted by atomic mass is 10.2. The molecule has 3 aromatic rings. The van der Waals surface area contributed by atoms with Crippen molar-refractivity contribution in [3.05, 3.63) is 77.1 Å². The van der Waals surface area contributed by atoms with Crippen molar-refractivity contribution in [2.75, 3.05) is 0 Å². The second-order valence-electron chi connectivity index (χ2n) is 5.27. The van der Waals surface area contributed by atoms with Crippen LogP contribution < -0.4 is 4.72 Å². The van der Waals surface area contributed by atoms with Gasteiger partial charge in [0.1, 0.15) is 4.90 Å². The van der Waals surface area contributed by atoms with E-state index in [9.17, 15) is 8.42 Å². The number of sulfonamides is 1. The first kappa shape index (κ1) is 16.7. The van der Waals surface area contributed by atoms with Crippen molar-refractivity contribution in [2.45, 2.75) is 18.4 Å². The van der Waals surface area contributed by atoms with Gasteiger partial charge in [0, 0.05) is 11.6 Å². The molecule has 0 bridgehead atoms. The minimum absolute atomic E-state index is 0.123. The van der Waals surface area contributed by atoms with E-state index in [4.69, 9.17) is 11.6 Å². The highest BCUT2D eigenvalue weighted by Gasteiger charge is 2.20. The maximum Gasteiger partial charge on any atom is 0.244 e. The molecule has 7 heteroatoms. The normalized spacial score (nSPS) is 11.6. The minimum atomic E-state index is -3.69. The van der Waals surface area contributed by atoms with Crippen LogP contribution in [0.1, 0.15) is 11.3 Å². The van der Waals surface area contributed by atoms with Gasteiger partial charge in [0.2, 0.25) is 10.0 Å². The molecule has 0 aliphatic carbocycles. The van der Waals surface area contributed by atoms with Gasteiger partial charge in [-0.2, -0.15) is 5.10 Å². The first-order valence-electron chi connectivity index (χ1n) is 7.32. The number of benzene rings is 2. The summed E-state index contributed by atoms with van der Waals surface area (Å²) in [5.74, 6) is 0. The van der Waals surface area contributed by atoms with Gasteiger partial charge in [0.15, 0.2) is 0 Å². The lowest BCUT2D eigenvalue weighted by molar-refractivity contribution is 0.580. The number of aromatic nitrogens is 2. The summed E-state index contributed by atoms with van der Waals surface area (Å²) in [4.78, 5) is 0.151. The van der Waals surface area contributed by atoms with Gasteiger partial charge in [-0.25, -0.2) is 17.8 Å². The van der Waals surface area contributed by atoms with Crippen LogP contribution in [0.4, 0.5) is 0 Å². The standard InChI is InChI=1S/C17H16ClN3O2S/c1-13-17(12-21(20-13)15-8-3-2-4-9-15)24(22,23)19-11-14-7-5-6-10-16(14)18/h2-10,12,19H,11H2,1H3. The van der Waals surface area contributed by atoms with Gasteiger partial charge in [0.25, 0.3) is 0 Å². The number of halogens is 1. The summed E-state index contributed by atoms with van der Waals surface area (Å²) < 4.78 is 29.3. The summed E-state index contributed by atoms with van der Waals surface area (Å²) in [6.45, 7) is 1.79. The summed E-state index contributed by atoms with van der Waals surface area (Å²) in [7, 11) is -3.69. The van der Waals surface area contributed by atoms with Crippen LogP contribution in [0, 0.1) is 6.92 Å². The van der Waals surface area contributed by atoms with Crippen LogP contribution >= 0.6 is 11.6 Å². The van der Waals surface area contributed by atoms with Gasteiger partial charge in [-0.3, -0.25) is 0 Å². The third-order valence-electron chi connectivity index (χ3n) is 3.57. The predicted octanol–water partition coefficient (Wildman–Crippen LogP) is 3.31. The number of rotatable bonds is 5. The molecule has 0 fully saturated rings. The minimum Gasteiger partial charge on any atom is -0.239 e. The van der Waals surface area contributed by atoms with Crippen molar-refractivity contribution in [3.8, 4) is 5.69 Å². The molecule has 124 valence electrons. The summed E-state index contributed by atoms with van der Waals surface area (Å²) in [5, 5.41) is 4.82. The Labute approximate surface area is 145 Å². The Hall–Kier alpha value is -2.15. The smallest absolute Gasteiger partial charge is 0.239 e. The number of para-hydroxylation sites is 1. The average Bonchev–Trinajstić information content (AvgIpc) is 2.98. The van der Waals surface area contributed by atoms with Crippen LogP contribution in [-0.2, 0) is 16.6 Å². The SMILES string of the molecule is Cc1nn(-c2ccccc2)cc1S(=O)(=O)NCc1ccccc1Cl. The van der Waals surface area contributed by atoms with Crippen molar-refractivity contribution in [2.24, 2.45) is 0 Å². The highest BCUT2D eigenvalue weighted by atomic mass is 35.5. The second kappa shape index (κ2) is 6.76. The Balaban J connectivity index is 1.85. The molecule has 0 amide bonds. The fraction of sp³-hybridized carbons (Fsp3) is 0.118. The molecule has 0 aliphatic rings. The van der Waals surface area contributed by atoms with Gasteiger partial charge in [-0.05, 0) is 30.7 Å². The molecule has 0 unspecified atom stereocenters. The summed E-state index contributed by atoms with van der Waals surface area (Å²) in [6.07, 6.45) is 1.51.